The van der Waals surface area contributed by atoms with E-state index >= 15 is 0 Å². The summed E-state index contributed by atoms with van der Waals surface area (Å²) in [6, 6.07) is 18.6. The molecule has 0 atom stereocenters. The van der Waals surface area contributed by atoms with Crippen molar-refractivity contribution < 1.29 is 9.59 Å². The molecule has 0 bridgehead atoms. The number of hydrogen-bond acceptors (Lipinski definition) is 4. The second-order valence-electron chi connectivity index (χ2n) is 6.42. The fourth-order valence-corrected chi connectivity index (χ4v) is 2.71. The van der Waals surface area contributed by atoms with Gasteiger partial charge in [-0.3, -0.25) is 14.6 Å². The van der Waals surface area contributed by atoms with Crippen molar-refractivity contribution in [2.45, 2.75) is 20.4 Å². The Bertz CT molecular complexity index is 984. The van der Waals surface area contributed by atoms with E-state index in [1.807, 2.05) is 18.2 Å². The average Bonchev–Trinajstić information content (AvgIpc) is 2.69. The molecule has 3 aromatic rings. The quantitative estimate of drug-likeness (QED) is 0.603. The molecule has 0 saturated carbocycles. The molecule has 142 valence electrons. The largest absolute Gasteiger partial charge is 0.381 e. The first kappa shape index (κ1) is 19.1. The number of carbonyl (C=O) groups excluding carboxylic acids is 2. The third-order valence-corrected chi connectivity index (χ3v) is 4.20. The van der Waals surface area contributed by atoms with Gasteiger partial charge in [-0.1, -0.05) is 24.3 Å². The van der Waals surface area contributed by atoms with Gasteiger partial charge in [0.1, 0.15) is 5.69 Å². The number of nitrogens with one attached hydrogen (secondary N) is 3. The van der Waals surface area contributed by atoms with Gasteiger partial charge >= 0.3 is 0 Å². The standard InChI is InChI=1S/C22H22N4O2/c1-15-5-3-4-6-17(15)14-24-20-11-12-23-21(13-20)22(28)26-19-9-7-18(8-10-19)25-16(2)27/h3-13H,14H2,1-2H3,(H,23,24)(H,25,27)(H,26,28). The van der Waals surface area contributed by atoms with Gasteiger partial charge in [0.05, 0.1) is 0 Å². The van der Waals surface area contributed by atoms with Gasteiger partial charge in [0, 0.05) is 36.7 Å². The second-order valence-corrected chi connectivity index (χ2v) is 6.42. The summed E-state index contributed by atoms with van der Waals surface area (Å²) in [4.78, 5) is 27.7. The summed E-state index contributed by atoms with van der Waals surface area (Å²) in [5.74, 6) is -0.442. The van der Waals surface area contributed by atoms with Crippen molar-refractivity contribution >= 4 is 28.9 Å². The SMILES string of the molecule is CC(=O)Nc1ccc(NC(=O)c2cc(NCc3ccccc3C)ccn2)cc1. The summed E-state index contributed by atoms with van der Waals surface area (Å²) >= 11 is 0. The highest BCUT2D eigenvalue weighted by molar-refractivity contribution is 6.03. The highest BCUT2D eigenvalue weighted by atomic mass is 16.2. The zero-order chi connectivity index (χ0) is 19.9. The molecule has 0 aliphatic heterocycles. The molecule has 0 aliphatic rings. The fraction of sp³-hybridized carbons (Fsp3) is 0.136. The second kappa shape index (κ2) is 8.81. The Balaban J connectivity index is 1.63. The summed E-state index contributed by atoms with van der Waals surface area (Å²) in [5, 5.41) is 8.82. The molecule has 28 heavy (non-hydrogen) atoms. The molecule has 1 heterocycles. The Labute approximate surface area is 164 Å². The summed E-state index contributed by atoms with van der Waals surface area (Å²) in [6.07, 6.45) is 1.61. The van der Waals surface area contributed by atoms with Crippen LogP contribution >= 0.6 is 0 Å². The van der Waals surface area contributed by atoms with Crippen LogP contribution in [0, 0.1) is 6.92 Å². The highest BCUT2D eigenvalue weighted by Crippen LogP contribution is 2.16. The van der Waals surface area contributed by atoms with Crippen molar-refractivity contribution in [1.82, 2.24) is 4.98 Å². The number of aromatic nitrogens is 1. The summed E-state index contributed by atoms with van der Waals surface area (Å²) in [7, 11) is 0. The predicted octanol–water partition coefficient (Wildman–Crippen LogP) is 4.21. The third-order valence-electron chi connectivity index (χ3n) is 4.20. The third kappa shape index (κ3) is 5.17. The lowest BCUT2D eigenvalue weighted by Gasteiger charge is -2.10. The van der Waals surface area contributed by atoms with Gasteiger partial charge in [0.2, 0.25) is 5.91 Å². The van der Waals surface area contributed by atoms with Crippen LogP contribution in [-0.2, 0) is 11.3 Å². The number of nitrogens with zero attached hydrogens (tertiary/aromatic N) is 1. The molecule has 1 aromatic heterocycles. The molecule has 0 aliphatic carbocycles. The number of hydrogen-bond donors (Lipinski definition) is 3. The van der Waals surface area contributed by atoms with Crippen molar-refractivity contribution in [1.29, 1.82) is 0 Å². The van der Waals surface area contributed by atoms with Crippen LogP contribution in [0.4, 0.5) is 17.1 Å². The first-order valence-electron chi connectivity index (χ1n) is 8.95. The van der Waals surface area contributed by atoms with E-state index in [0.29, 0.717) is 23.6 Å². The first-order chi connectivity index (χ1) is 13.5. The van der Waals surface area contributed by atoms with E-state index in [0.717, 1.165) is 5.69 Å². The van der Waals surface area contributed by atoms with Gasteiger partial charge in [0.25, 0.3) is 5.91 Å². The Morgan fingerprint density at radius 3 is 2.25 bits per heavy atom. The lowest BCUT2D eigenvalue weighted by Crippen LogP contribution is -2.14. The maximum atomic E-state index is 12.5. The number of anilines is 3. The zero-order valence-corrected chi connectivity index (χ0v) is 15.8. The van der Waals surface area contributed by atoms with Crippen LogP contribution in [0.15, 0.2) is 66.9 Å². The monoisotopic (exact) mass is 374 g/mol. The minimum atomic E-state index is -0.299. The van der Waals surface area contributed by atoms with E-state index in [4.69, 9.17) is 0 Å². The van der Waals surface area contributed by atoms with Crippen molar-refractivity contribution in [3.8, 4) is 0 Å². The van der Waals surface area contributed by atoms with E-state index in [2.05, 4.69) is 40.0 Å². The summed E-state index contributed by atoms with van der Waals surface area (Å²) < 4.78 is 0. The molecule has 0 spiro atoms. The van der Waals surface area contributed by atoms with Gasteiger partial charge in [-0.2, -0.15) is 0 Å². The van der Waals surface area contributed by atoms with Gasteiger partial charge in [-0.05, 0) is 54.4 Å². The van der Waals surface area contributed by atoms with E-state index in [1.54, 1.807) is 36.5 Å². The maximum absolute atomic E-state index is 12.5. The van der Waals surface area contributed by atoms with Crippen molar-refractivity contribution in [3.63, 3.8) is 0 Å². The smallest absolute Gasteiger partial charge is 0.274 e. The minimum Gasteiger partial charge on any atom is -0.381 e. The zero-order valence-electron chi connectivity index (χ0n) is 15.8. The molecular formula is C22H22N4O2. The number of benzene rings is 2. The van der Waals surface area contributed by atoms with Crippen molar-refractivity contribution in [2.24, 2.45) is 0 Å². The lowest BCUT2D eigenvalue weighted by atomic mass is 10.1. The topological polar surface area (TPSA) is 83.1 Å². The van der Waals surface area contributed by atoms with Crippen LogP contribution in [0.3, 0.4) is 0 Å². The molecule has 3 rings (SSSR count). The fourth-order valence-electron chi connectivity index (χ4n) is 2.71. The average molecular weight is 374 g/mol. The molecular weight excluding hydrogens is 352 g/mol. The maximum Gasteiger partial charge on any atom is 0.274 e. The number of rotatable bonds is 6. The van der Waals surface area contributed by atoms with Crippen molar-refractivity contribution in [2.75, 3.05) is 16.0 Å². The highest BCUT2D eigenvalue weighted by Gasteiger charge is 2.09. The molecule has 0 saturated heterocycles. The number of carbonyl (C=O) groups is 2. The van der Waals surface area contributed by atoms with Crippen LogP contribution in [0.25, 0.3) is 0 Å². The summed E-state index contributed by atoms with van der Waals surface area (Å²) in [6.45, 7) is 4.18. The predicted molar refractivity (Wildman–Crippen MR) is 111 cm³/mol. The van der Waals surface area contributed by atoms with Gasteiger partial charge in [-0.15, -0.1) is 0 Å². The van der Waals surface area contributed by atoms with Crippen LogP contribution in [0.2, 0.25) is 0 Å². The van der Waals surface area contributed by atoms with E-state index < -0.39 is 0 Å². The Morgan fingerprint density at radius 2 is 1.57 bits per heavy atom. The number of amides is 2. The molecule has 0 radical (unpaired) electrons. The molecule has 0 unspecified atom stereocenters. The van der Waals surface area contributed by atoms with Gasteiger partial charge < -0.3 is 16.0 Å². The first-order valence-corrected chi connectivity index (χ1v) is 8.95. The van der Waals surface area contributed by atoms with Crippen LogP contribution < -0.4 is 16.0 Å². The molecule has 6 heteroatoms. The lowest BCUT2D eigenvalue weighted by molar-refractivity contribution is -0.114. The number of aryl methyl sites for hydroxylation is 1. The Morgan fingerprint density at radius 1 is 0.893 bits per heavy atom. The van der Waals surface area contributed by atoms with Crippen LogP contribution in [0.1, 0.15) is 28.5 Å². The minimum absolute atomic E-state index is 0.143. The van der Waals surface area contributed by atoms with Crippen molar-refractivity contribution in [3.05, 3.63) is 83.7 Å². The van der Waals surface area contributed by atoms with Crippen LogP contribution in [0.5, 0.6) is 0 Å². The summed E-state index contributed by atoms with van der Waals surface area (Å²) in [5.41, 5.74) is 4.85. The molecule has 2 amide bonds. The molecule has 6 nitrogen and oxygen atoms in total. The van der Waals surface area contributed by atoms with Crippen LogP contribution in [-0.4, -0.2) is 16.8 Å². The molecule has 3 N–H and O–H groups in total. The number of pyridine rings is 1. The molecule has 2 aromatic carbocycles. The van der Waals surface area contributed by atoms with Gasteiger partial charge in [0.15, 0.2) is 0 Å². The Hall–Kier alpha value is -3.67. The van der Waals surface area contributed by atoms with E-state index in [-0.39, 0.29) is 11.8 Å². The molecule has 0 fully saturated rings. The normalized spacial score (nSPS) is 10.2. The Kier molecular flexibility index (Phi) is 6.01. The van der Waals surface area contributed by atoms with E-state index in [1.165, 1.54) is 18.1 Å². The van der Waals surface area contributed by atoms with E-state index in [9.17, 15) is 9.59 Å². The van der Waals surface area contributed by atoms with Gasteiger partial charge in [-0.25, -0.2) is 0 Å².